The van der Waals surface area contributed by atoms with Crippen LogP contribution in [0.1, 0.15) is 0 Å². The van der Waals surface area contributed by atoms with Crippen LogP contribution in [0.4, 0.5) is 17.2 Å². The van der Waals surface area contributed by atoms with E-state index >= 15 is 0 Å². The fraction of sp³-hybridized carbons (Fsp3) is 0. The second kappa shape index (κ2) is 5.16. The van der Waals surface area contributed by atoms with Crippen LogP contribution in [0.3, 0.4) is 0 Å². The summed E-state index contributed by atoms with van der Waals surface area (Å²) in [5.74, 6) is 0.0299. The molecule has 0 fully saturated rings. The highest BCUT2D eigenvalue weighted by Gasteiger charge is 2.21. The predicted octanol–water partition coefficient (Wildman–Crippen LogP) is 3.44. The monoisotopic (exact) mass is 284 g/mol. The summed E-state index contributed by atoms with van der Waals surface area (Å²) in [6.45, 7) is 0. The summed E-state index contributed by atoms with van der Waals surface area (Å²) in [6.07, 6.45) is 1.15. The smallest absolute Gasteiger partial charge is 0.334 e. The minimum Gasteiger partial charge on any atom is -0.334 e. The zero-order chi connectivity index (χ0) is 13.1. The van der Waals surface area contributed by atoms with Crippen molar-refractivity contribution < 1.29 is 4.92 Å². The topological polar surface area (TPSA) is 81.0 Å². The highest BCUT2D eigenvalue weighted by atomic mass is 35.5. The number of benzene rings is 1. The second-order valence-electron chi connectivity index (χ2n) is 3.25. The number of hydrogen-bond acceptors (Lipinski definition) is 5. The molecule has 1 N–H and O–H groups in total. The maximum absolute atomic E-state index is 10.9. The molecule has 0 unspecified atom stereocenters. The van der Waals surface area contributed by atoms with Crippen LogP contribution in [-0.4, -0.2) is 14.9 Å². The Hall–Kier alpha value is -1.92. The van der Waals surface area contributed by atoms with Gasteiger partial charge in [-0.1, -0.05) is 23.2 Å². The first kappa shape index (κ1) is 12.5. The zero-order valence-electron chi connectivity index (χ0n) is 8.80. The van der Waals surface area contributed by atoms with E-state index in [2.05, 4.69) is 15.3 Å². The van der Waals surface area contributed by atoms with Crippen molar-refractivity contribution in [1.82, 2.24) is 9.97 Å². The number of anilines is 2. The SMILES string of the molecule is O=[N+]([O-])c1c(Cl)ncnc1Nc1ccc(Cl)cc1. The Labute approximate surface area is 112 Å². The van der Waals surface area contributed by atoms with Crippen molar-refractivity contribution in [1.29, 1.82) is 0 Å². The zero-order valence-corrected chi connectivity index (χ0v) is 10.3. The van der Waals surface area contributed by atoms with Gasteiger partial charge in [-0.2, -0.15) is 0 Å². The maximum atomic E-state index is 10.9. The second-order valence-corrected chi connectivity index (χ2v) is 4.05. The van der Waals surface area contributed by atoms with Crippen LogP contribution < -0.4 is 5.32 Å². The first-order chi connectivity index (χ1) is 8.58. The molecule has 0 atom stereocenters. The van der Waals surface area contributed by atoms with E-state index in [0.29, 0.717) is 10.7 Å². The molecule has 2 aromatic rings. The third-order valence-corrected chi connectivity index (χ3v) is 2.60. The Kier molecular flexibility index (Phi) is 3.59. The summed E-state index contributed by atoms with van der Waals surface area (Å²) in [4.78, 5) is 17.6. The van der Waals surface area contributed by atoms with Crippen molar-refractivity contribution in [2.24, 2.45) is 0 Å². The standard InChI is InChI=1S/C10H6Cl2N4O2/c11-6-1-3-7(4-2-6)15-10-8(16(17)18)9(12)13-5-14-10/h1-5H,(H,13,14,15). The van der Waals surface area contributed by atoms with Crippen molar-refractivity contribution in [2.45, 2.75) is 0 Å². The number of nitrogens with one attached hydrogen (secondary N) is 1. The predicted molar refractivity (Wildman–Crippen MR) is 68.4 cm³/mol. The molecule has 0 amide bonds. The molecule has 0 saturated carbocycles. The number of nitrogens with zero attached hydrogens (tertiary/aromatic N) is 3. The lowest BCUT2D eigenvalue weighted by Crippen LogP contribution is -2.01. The van der Waals surface area contributed by atoms with Crippen LogP contribution in [0.2, 0.25) is 10.2 Å². The molecular formula is C10H6Cl2N4O2. The number of rotatable bonds is 3. The summed E-state index contributed by atoms with van der Waals surface area (Å²) < 4.78 is 0. The van der Waals surface area contributed by atoms with E-state index in [-0.39, 0.29) is 16.7 Å². The van der Waals surface area contributed by atoms with Crippen molar-refractivity contribution >= 4 is 40.4 Å². The quantitative estimate of drug-likeness (QED) is 0.530. The van der Waals surface area contributed by atoms with Gasteiger partial charge in [0.05, 0.1) is 4.92 Å². The van der Waals surface area contributed by atoms with E-state index in [1.54, 1.807) is 24.3 Å². The van der Waals surface area contributed by atoms with Gasteiger partial charge in [0.25, 0.3) is 0 Å². The third-order valence-electron chi connectivity index (χ3n) is 2.07. The molecular weight excluding hydrogens is 279 g/mol. The van der Waals surface area contributed by atoms with Crippen molar-refractivity contribution in [3.8, 4) is 0 Å². The molecule has 8 heteroatoms. The molecule has 2 rings (SSSR count). The third kappa shape index (κ3) is 2.66. The van der Waals surface area contributed by atoms with Crippen LogP contribution >= 0.6 is 23.2 Å². The fourth-order valence-electron chi connectivity index (χ4n) is 1.28. The summed E-state index contributed by atoms with van der Waals surface area (Å²) in [7, 11) is 0. The normalized spacial score (nSPS) is 10.1. The maximum Gasteiger partial charge on any atom is 0.348 e. The van der Waals surface area contributed by atoms with E-state index in [4.69, 9.17) is 23.2 Å². The van der Waals surface area contributed by atoms with E-state index in [9.17, 15) is 10.1 Å². The molecule has 1 aromatic heterocycles. The highest BCUT2D eigenvalue weighted by Crippen LogP contribution is 2.30. The van der Waals surface area contributed by atoms with E-state index in [1.165, 1.54) is 0 Å². The van der Waals surface area contributed by atoms with Crippen molar-refractivity contribution in [3.05, 3.63) is 50.9 Å². The van der Waals surface area contributed by atoms with Gasteiger partial charge >= 0.3 is 5.69 Å². The van der Waals surface area contributed by atoms with E-state index in [0.717, 1.165) is 6.33 Å². The Morgan fingerprint density at radius 2 is 1.83 bits per heavy atom. The molecule has 0 aliphatic carbocycles. The fourth-order valence-corrected chi connectivity index (χ4v) is 1.61. The van der Waals surface area contributed by atoms with Gasteiger partial charge in [-0.05, 0) is 24.3 Å². The largest absolute Gasteiger partial charge is 0.348 e. The van der Waals surface area contributed by atoms with E-state index < -0.39 is 4.92 Å². The van der Waals surface area contributed by atoms with Crippen LogP contribution in [-0.2, 0) is 0 Å². The molecule has 0 spiro atoms. The molecule has 1 heterocycles. The summed E-state index contributed by atoms with van der Waals surface area (Å²) in [6, 6.07) is 6.64. The lowest BCUT2D eigenvalue weighted by Gasteiger charge is -2.06. The number of nitro groups is 1. The molecule has 1 aromatic carbocycles. The van der Waals surface area contributed by atoms with Crippen LogP contribution in [0.15, 0.2) is 30.6 Å². The van der Waals surface area contributed by atoms with Gasteiger partial charge in [0.15, 0.2) is 0 Å². The van der Waals surface area contributed by atoms with Gasteiger partial charge in [-0.15, -0.1) is 0 Å². The summed E-state index contributed by atoms with van der Waals surface area (Å²) in [5, 5.41) is 14.0. The van der Waals surface area contributed by atoms with Gasteiger partial charge in [0, 0.05) is 10.7 Å². The van der Waals surface area contributed by atoms with Gasteiger partial charge in [-0.3, -0.25) is 10.1 Å². The average molecular weight is 285 g/mol. The van der Waals surface area contributed by atoms with Crippen LogP contribution in [0, 0.1) is 10.1 Å². The highest BCUT2D eigenvalue weighted by molar-refractivity contribution is 6.32. The summed E-state index contributed by atoms with van der Waals surface area (Å²) in [5.41, 5.74) is 0.242. The first-order valence-corrected chi connectivity index (χ1v) is 5.51. The minimum atomic E-state index is -0.638. The van der Waals surface area contributed by atoms with Crippen LogP contribution in [0.5, 0.6) is 0 Å². The number of aromatic nitrogens is 2. The first-order valence-electron chi connectivity index (χ1n) is 4.75. The Bertz CT molecular complexity index is 589. The molecule has 92 valence electrons. The van der Waals surface area contributed by atoms with Crippen molar-refractivity contribution in [3.63, 3.8) is 0 Å². The molecule has 18 heavy (non-hydrogen) atoms. The lowest BCUT2D eigenvalue weighted by molar-refractivity contribution is -0.384. The van der Waals surface area contributed by atoms with Crippen LogP contribution in [0.25, 0.3) is 0 Å². The summed E-state index contributed by atoms with van der Waals surface area (Å²) >= 11 is 11.4. The number of hydrogen-bond donors (Lipinski definition) is 1. The Balaban J connectivity index is 2.37. The van der Waals surface area contributed by atoms with Gasteiger partial charge in [0.2, 0.25) is 11.0 Å². The van der Waals surface area contributed by atoms with Gasteiger partial charge in [0.1, 0.15) is 6.33 Å². The van der Waals surface area contributed by atoms with Gasteiger partial charge in [-0.25, -0.2) is 9.97 Å². The Morgan fingerprint density at radius 3 is 2.44 bits per heavy atom. The molecule has 0 radical (unpaired) electrons. The average Bonchev–Trinajstić information content (AvgIpc) is 2.32. The molecule has 0 bridgehead atoms. The molecule has 0 saturated heterocycles. The lowest BCUT2D eigenvalue weighted by atomic mass is 10.3. The minimum absolute atomic E-state index is 0.0299. The van der Waals surface area contributed by atoms with Crippen molar-refractivity contribution in [2.75, 3.05) is 5.32 Å². The van der Waals surface area contributed by atoms with E-state index in [1.807, 2.05) is 0 Å². The number of halogens is 2. The Morgan fingerprint density at radius 1 is 1.17 bits per heavy atom. The molecule has 0 aliphatic rings. The molecule has 6 nitrogen and oxygen atoms in total. The van der Waals surface area contributed by atoms with Gasteiger partial charge < -0.3 is 5.32 Å². The molecule has 0 aliphatic heterocycles.